The summed E-state index contributed by atoms with van der Waals surface area (Å²) >= 11 is 0. The average molecular weight is 309 g/mol. The van der Waals surface area contributed by atoms with E-state index >= 15 is 0 Å². The summed E-state index contributed by atoms with van der Waals surface area (Å²) in [7, 11) is 1.60. The summed E-state index contributed by atoms with van der Waals surface area (Å²) in [5.74, 6) is 0.874. The lowest BCUT2D eigenvalue weighted by Gasteiger charge is -2.04. The van der Waals surface area contributed by atoms with Gasteiger partial charge in [0.1, 0.15) is 5.75 Å². The van der Waals surface area contributed by atoms with Crippen molar-refractivity contribution in [3.05, 3.63) is 60.2 Å². The molecule has 3 aromatic rings. The normalized spacial score (nSPS) is 10.3. The van der Waals surface area contributed by atoms with Gasteiger partial charge in [-0.15, -0.1) is 0 Å². The van der Waals surface area contributed by atoms with Crippen molar-refractivity contribution in [3.63, 3.8) is 0 Å². The Balaban J connectivity index is 1.70. The minimum absolute atomic E-state index is 0.192. The zero-order valence-corrected chi connectivity index (χ0v) is 12.5. The van der Waals surface area contributed by atoms with Crippen LogP contribution < -0.4 is 10.1 Å². The second kappa shape index (κ2) is 6.74. The third-order valence-corrected chi connectivity index (χ3v) is 3.32. The number of methoxy groups -OCH3 is 1. The Morgan fingerprint density at radius 3 is 2.52 bits per heavy atom. The summed E-state index contributed by atoms with van der Waals surface area (Å²) < 4.78 is 9.84. The lowest BCUT2D eigenvalue weighted by molar-refractivity contribution is -0.115. The number of benzene rings is 2. The van der Waals surface area contributed by atoms with Crippen molar-refractivity contribution < 1.29 is 14.2 Å². The van der Waals surface area contributed by atoms with Gasteiger partial charge in [0.2, 0.25) is 11.7 Å². The van der Waals surface area contributed by atoms with Gasteiger partial charge in [0, 0.05) is 5.56 Å². The highest BCUT2D eigenvalue weighted by Crippen LogP contribution is 2.24. The molecule has 0 spiro atoms. The van der Waals surface area contributed by atoms with E-state index < -0.39 is 0 Å². The van der Waals surface area contributed by atoms with E-state index in [1.165, 1.54) is 0 Å². The van der Waals surface area contributed by atoms with Crippen molar-refractivity contribution >= 4 is 11.7 Å². The van der Waals surface area contributed by atoms with Gasteiger partial charge in [-0.05, 0) is 28.0 Å². The molecular weight excluding hydrogens is 294 g/mol. The van der Waals surface area contributed by atoms with Crippen LogP contribution in [0.1, 0.15) is 5.56 Å². The maximum Gasteiger partial charge on any atom is 0.230 e. The highest BCUT2D eigenvalue weighted by atomic mass is 16.6. The van der Waals surface area contributed by atoms with Crippen LogP contribution in [0.5, 0.6) is 5.75 Å². The molecule has 1 heterocycles. The molecular formula is C17H15N3O3. The van der Waals surface area contributed by atoms with Crippen LogP contribution in [0.15, 0.2) is 59.2 Å². The molecule has 0 fully saturated rings. The number of aromatic nitrogens is 2. The molecule has 116 valence electrons. The molecule has 0 aliphatic carbocycles. The van der Waals surface area contributed by atoms with E-state index in [1.807, 2.05) is 54.6 Å². The van der Waals surface area contributed by atoms with Crippen LogP contribution in [0.4, 0.5) is 5.82 Å². The third-order valence-electron chi connectivity index (χ3n) is 3.32. The van der Waals surface area contributed by atoms with Crippen LogP contribution in [0.25, 0.3) is 11.3 Å². The number of carbonyl (C=O) groups is 1. The van der Waals surface area contributed by atoms with Gasteiger partial charge in [0.15, 0.2) is 5.69 Å². The van der Waals surface area contributed by atoms with Crippen LogP contribution in [-0.2, 0) is 11.2 Å². The standard InChI is InChI=1S/C17H15N3O3/c1-22-14-9-7-12(8-10-14)11-15(21)18-17-16(19-23-20-17)13-5-3-2-4-6-13/h2-10H,11H2,1H3,(H,18,20,21). The molecule has 0 saturated carbocycles. The quantitative estimate of drug-likeness (QED) is 0.784. The Bertz CT molecular complexity index is 782. The lowest BCUT2D eigenvalue weighted by atomic mass is 10.1. The summed E-state index contributed by atoms with van der Waals surface area (Å²) in [5.41, 5.74) is 2.21. The van der Waals surface area contributed by atoms with Crippen LogP contribution in [0.2, 0.25) is 0 Å². The molecule has 0 radical (unpaired) electrons. The summed E-state index contributed by atoms with van der Waals surface area (Å²) in [6.45, 7) is 0. The van der Waals surface area contributed by atoms with Crippen LogP contribution >= 0.6 is 0 Å². The van der Waals surface area contributed by atoms with Gasteiger partial charge in [-0.3, -0.25) is 4.79 Å². The monoisotopic (exact) mass is 309 g/mol. The molecule has 6 nitrogen and oxygen atoms in total. The minimum atomic E-state index is -0.192. The van der Waals surface area contributed by atoms with E-state index in [0.29, 0.717) is 11.5 Å². The fraction of sp³-hybridized carbons (Fsp3) is 0.118. The number of amides is 1. The molecule has 0 unspecified atom stereocenters. The van der Waals surface area contributed by atoms with E-state index in [-0.39, 0.29) is 12.3 Å². The number of anilines is 1. The summed E-state index contributed by atoms with van der Waals surface area (Å²) in [6, 6.07) is 16.7. The largest absolute Gasteiger partial charge is 0.497 e. The van der Waals surface area contributed by atoms with Crippen LogP contribution in [-0.4, -0.2) is 23.3 Å². The summed E-state index contributed by atoms with van der Waals surface area (Å²) in [6.07, 6.45) is 0.227. The second-order valence-corrected chi connectivity index (χ2v) is 4.90. The molecule has 0 bridgehead atoms. The number of rotatable bonds is 5. The van der Waals surface area contributed by atoms with Crippen LogP contribution in [0.3, 0.4) is 0 Å². The fourth-order valence-electron chi connectivity index (χ4n) is 2.16. The van der Waals surface area contributed by atoms with Gasteiger partial charge in [0.05, 0.1) is 13.5 Å². The van der Waals surface area contributed by atoms with E-state index in [1.54, 1.807) is 7.11 Å². The Kier molecular flexibility index (Phi) is 4.33. The maximum atomic E-state index is 12.2. The van der Waals surface area contributed by atoms with E-state index in [9.17, 15) is 4.79 Å². The number of carbonyl (C=O) groups excluding carboxylic acids is 1. The molecule has 0 aliphatic heterocycles. The molecule has 2 aromatic carbocycles. The van der Waals surface area contributed by atoms with Crippen molar-refractivity contribution in [1.29, 1.82) is 0 Å². The molecule has 0 aliphatic rings. The second-order valence-electron chi connectivity index (χ2n) is 4.90. The highest BCUT2D eigenvalue weighted by molar-refractivity contribution is 5.94. The van der Waals surface area contributed by atoms with Crippen LogP contribution in [0, 0.1) is 0 Å². The first kappa shape index (κ1) is 14.8. The number of ether oxygens (including phenoxy) is 1. The first-order chi connectivity index (χ1) is 11.3. The van der Waals surface area contributed by atoms with Crippen molar-refractivity contribution in [3.8, 4) is 17.0 Å². The number of hydrogen-bond acceptors (Lipinski definition) is 5. The number of nitrogens with one attached hydrogen (secondary N) is 1. The molecule has 1 N–H and O–H groups in total. The average Bonchev–Trinajstić information content (AvgIpc) is 3.04. The van der Waals surface area contributed by atoms with E-state index in [2.05, 4.69) is 15.6 Å². The van der Waals surface area contributed by atoms with Gasteiger partial charge in [-0.25, -0.2) is 4.63 Å². The SMILES string of the molecule is COc1ccc(CC(=O)Nc2nonc2-c2ccccc2)cc1. The predicted molar refractivity (Wildman–Crippen MR) is 85.1 cm³/mol. The zero-order valence-electron chi connectivity index (χ0n) is 12.5. The minimum Gasteiger partial charge on any atom is -0.497 e. The topological polar surface area (TPSA) is 77.2 Å². The number of nitrogens with zero attached hydrogens (tertiary/aromatic N) is 2. The van der Waals surface area contributed by atoms with Gasteiger partial charge >= 0.3 is 0 Å². The van der Waals surface area contributed by atoms with Crippen molar-refractivity contribution in [2.24, 2.45) is 0 Å². The number of hydrogen-bond donors (Lipinski definition) is 1. The van der Waals surface area contributed by atoms with Gasteiger partial charge in [-0.2, -0.15) is 0 Å². The smallest absolute Gasteiger partial charge is 0.230 e. The molecule has 0 saturated heterocycles. The summed E-state index contributed by atoms with van der Waals surface area (Å²) in [4.78, 5) is 12.2. The lowest BCUT2D eigenvalue weighted by Crippen LogP contribution is -2.15. The van der Waals surface area contributed by atoms with Crippen molar-refractivity contribution in [1.82, 2.24) is 10.3 Å². The molecule has 6 heteroatoms. The molecule has 1 aromatic heterocycles. The summed E-state index contributed by atoms with van der Waals surface area (Å²) in [5, 5.41) is 10.3. The zero-order chi connectivity index (χ0) is 16.1. The van der Waals surface area contributed by atoms with Crippen molar-refractivity contribution in [2.45, 2.75) is 6.42 Å². The molecule has 0 atom stereocenters. The van der Waals surface area contributed by atoms with E-state index in [0.717, 1.165) is 16.9 Å². The Hall–Kier alpha value is -3.15. The van der Waals surface area contributed by atoms with Gasteiger partial charge < -0.3 is 10.1 Å². The van der Waals surface area contributed by atoms with Crippen molar-refractivity contribution in [2.75, 3.05) is 12.4 Å². The Labute approximate surface area is 133 Å². The Morgan fingerprint density at radius 2 is 1.83 bits per heavy atom. The molecule has 3 rings (SSSR count). The maximum absolute atomic E-state index is 12.2. The highest BCUT2D eigenvalue weighted by Gasteiger charge is 2.15. The van der Waals surface area contributed by atoms with Gasteiger partial charge in [0.25, 0.3) is 0 Å². The fourth-order valence-corrected chi connectivity index (χ4v) is 2.16. The van der Waals surface area contributed by atoms with E-state index in [4.69, 9.17) is 9.37 Å². The first-order valence-electron chi connectivity index (χ1n) is 7.07. The predicted octanol–water partition coefficient (Wildman–Crippen LogP) is 2.93. The first-order valence-corrected chi connectivity index (χ1v) is 7.07. The van der Waals surface area contributed by atoms with Gasteiger partial charge in [-0.1, -0.05) is 42.5 Å². The molecule has 23 heavy (non-hydrogen) atoms. The Morgan fingerprint density at radius 1 is 1.09 bits per heavy atom. The third kappa shape index (κ3) is 3.55. The molecule has 1 amide bonds.